The molecule has 3 atom stereocenters. The van der Waals surface area contributed by atoms with E-state index in [9.17, 15) is 13.2 Å². The smallest absolute Gasteiger partial charge is 0.328 e. The Hall–Kier alpha value is -0.290. The zero-order valence-corrected chi connectivity index (χ0v) is 9.93. The van der Waals surface area contributed by atoms with E-state index in [1.807, 2.05) is 18.7 Å². The number of halogens is 3. The molecule has 0 saturated carbocycles. The van der Waals surface area contributed by atoms with Crippen LogP contribution in [0.15, 0.2) is 0 Å². The van der Waals surface area contributed by atoms with E-state index in [0.717, 1.165) is 13.0 Å². The molecule has 1 heterocycles. The maximum absolute atomic E-state index is 12.6. The molecule has 1 fully saturated rings. The number of alkyl halides is 3. The fourth-order valence-electron chi connectivity index (χ4n) is 2.36. The highest BCUT2D eigenvalue weighted by Crippen LogP contribution is 2.33. The van der Waals surface area contributed by atoms with Crippen LogP contribution in [-0.4, -0.2) is 36.2 Å². The van der Waals surface area contributed by atoms with Crippen LogP contribution >= 0.6 is 0 Å². The van der Waals surface area contributed by atoms with Crippen LogP contribution in [0, 0.1) is 5.92 Å². The molecule has 0 aliphatic carbocycles. The molecule has 96 valence electrons. The minimum absolute atomic E-state index is 0.0428. The van der Waals surface area contributed by atoms with Gasteiger partial charge in [0.15, 0.2) is 0 Å². The quantitative estimate of drug-likeness (QED) is 0.818. The SMILES string of the molecule is CC(N)CC(C)N1CCCC(C(F)(F)F)C1. The van der Waals surface area contributed by atoms with Gasteiger partial charge in [0.1, 0.15) is 0 Å². The number of likely N-dealkylation sites (tertiary alicyclic amines) is 1. The first-order valence-corrected chi connectivity index (χ1v) is 5.87. The summed E-state index contributed by atoms with van der Waals surface area (Å²) in [5.74, 6) is -1.16. The lowest BCUT2D eigenvalue weighted by Gasteiger charge is -2.38. The molecule has 0 spiro atoms. The van der Waals surface area contributed by atoms with Gasteiger partial charge in [-0.25, -0.2) is 0 Å². The maximum atomic E-state index is 12.6. The Kier molecular flexibility index (Phi) is 4.62. The van der Waals surface area contributed by atoms with E-state index in [2.05, 4.69) is 0 Å². The Morgan fingerprint density at radius 2 is 2.00 bits per heavy atom. The van der Waals surface area contributed by atoms with Crippen LogP contribution in [0.5, 0.6) is 0 Å². The van der Waals surface area contributed by atoms with E-state index in [4.69, 9.17) is 5.73 Å². The van der Waals surface area contributed by atoms with Crippen LogP contribution in [0.3, 0.4) is 0 Å². The molecule has 1 aliphatic rings. The van der Waals surface area contributed by atoms with Crippen molar-refractivity contribution in [2.75, 3.05) is 13.1 Å². The van der Waals surface area contributed by atoms with E-state index in [0.29, 0.717) is 6.42 Å². The van der Waals surface area contributed by atoms with Crippen molar-refractivity contribution in [3.05, 3.63) is 0 Å². The highest BCUT2D eigenvalue weighted by atomic mass is 19.4. The molecule has 3 unspecified atom stereocenters. The van der Waals surface area contributed by atoms with Gasteiger partial charge in [-0.15, -0.1) is 0 Å². The molecular weight excluding hydrogens is 217 g/mol. The molecule has 2 N–H and O–H groups in total. The van der Waals surface area contributed by atoms with Crippen LogP contribution < -0.4 is 5.73 Å². The first-order valence-electron chi connectivity index (χ1n) is 5.87. The lowest BCUT2D eigenvalue weighted by Crippen LogP contribution is -2.46. The van der Waals surface area contributed by atoms with Crippen LogP contribution in [0.1, 0.15) is 33.1 Å². The molecule has 0 aromatic rings. The second-order valence-electron chi connectivity index (χ2n) is 4.94. The van der Waals surface area contributed by atoms with Crippen molar-refractivity contribution < 1.29 is 13.2 Å². The molecule has 1 saturated heterocycles. The molecule has 0 radical (unpaired) electrons. The van der Waals surface area contributed by atoms with Gasteiger partial charge in [0.05, 0.1) is 5.92 Å². The predicted octanol–water partition coefficient (Wildman–Crippen LogP) is 2.39. The molecule has 1 rings (SSSR count). The molecule has 0 aromatic heterocycles. The molecule has 0 amide bonds. The van der Waals surface area contributed by atoms with Gasteiger partial charge in [0.25, 0.3) is 0 Å². The zero-order valence-electron chi connectivity index (χ0n) is 9.93. The highest BCUT2D eigenvalue weighted by Gasteiger charge is 2.42. The van der Waals surface area contributed by atoms with Gasteiger partial charge >= 0.3 is 6.18 Å². The molecular formula is C11H21F3N2. The third kappa shape index (κ3) is 3.94. The summed E-state index contributed by atoms with van der Waals surface area (Å²) in [5.41, 5.74) is 5.67. The fourth-order valence-corrected chi connectivity index (χ4v) is 2.36. The number of hydrogen-bond acceptors (Lipinski definition) is 2. The van der Waals surface area contributed by atoms with Crippen LogP contribution in [-0.2, 0) is 0 Å². The third-order valence-electron chi connectivity index (χ3n) is 3.25. The Morgan fingerprint density at radius 3 is 2.50 bits per heavy atom. The fraction of sp³-hybridized carbons (Fsp3) is 1.00. The topological polar surface area (TPSA) is 29.3 Å². The Bertz CT molecular complexity index is 216. The Labute approximate surface area is 95.0 Å². The van der Waals surface area contributed by atoms with Gasteiger partial charge in [-0.3, -0.25) is 4.90 Å². The summed E-state index contributed by atoms with van der Waals surface area (Å²) < 4.78 is 37.8. The van der Waals surface area contributed by atoms with Gasteiger partial charge in [-0.2, -0.15) is 13.2 Å². The first-order chi connectivity index (χ1) is 7.30. The van der Waals surface area contributed by atoms with Crippen molar-refractivity contribution in [1.82, 2.24) is 4.90 Å². The number of nitrogens with two attached hydrogens (primary N) is 1. The normalized spacial score (nSPS) is 27.8. The number of hydrogen-bond donors (Lipinski definition) is 1. The van der Waals surface area contributed by atoms with Crippen LogP contribution in [0.25, 0.3) is 0 Å². The standard InChI is InChI=1S/C11H21F3N2/c1-8(15)6-9(2)16-5-3-4-10(7-16)11(12,13)14/h8-10H,3-7,15H2,1-2H3. The van der Waals surface area contributed by atoms with Crippen molar-refractivity contribution in [1.29, 1.82) is 0 Å². The average molecular weight is 238 g/mol. The zero-order chi connectivity index (χ0) is 12.3. The molecule has 16 heavy (non-hydrogen) atoms. The molecule has 2 nitrogen and oxygen atoms in total. The van der Waals surface area contributed by atoms with Crippen molar-refractivity contribution in [3.63, 3.8) is 0 Å². The average Bonchev–Trinajstić information content (AvgIpc) is 2.15. The van der Waals surface area contributed by atoms with Crippen LogP contribution in [0.4, 0.5) is 13.2 Å². The number of piperidine rings is 1. The second-order valence-corrected chi connectivity index (χ2v) is 4.94. The van der Waals surface area contributed by atoms with E-state index in [1.54, 1.807) is 0 Å². The summed E-state index contributed by atoms with van der Waals surface area (Å²) in [7, 11) is 0. The molecule has 1 aliphatic heterocycles. The lowest BCUT2D eigenvalue weighted by molar-refractivity contribution is -0.188. The molecule has 0 bridgehead atoms. The summed E-state index contributed by atoms with van der Waals surface area (Å²) in [4.78, 5) is 1.92. The number of nitrogens with zero attached hydrogens (tertiary/aromatic N) is 1. The minimum atomic E-state index is -4.05. The van der Waals surface area contributed by atoms with Crippen molar-refractivity contribution in [2.24, 2.45) is 11.7 Å². The molecule has 0 aromatic carbocycles. The highest BCUT2D eigenvalue weighted by molar-refractivity contribution is 4.81. The second kappa shape index (κ2) is 5.36. The van der Waals surface area contributed by atoms with Gasteiger partial charge in [-0.05, 0) is 39.7 Å². The Balaban J connectivity index is 2.50. The largest absolute Gasteiger partial charge is 0.393 e. The maximum Gasteiger partial charge on any atom is 0.393 e. The lowest BCUT2D eigenvalue weighted by atomic mass is 9.95. The van der Waals surface area contributed by atoms with E-state index < -0.39 is 12.1 Å². The van der Waals surface area contributed by atoms with E-state index in [-0.39, 0.29) is 25.0 Å². The van der Waals surface area contributed by atoms with Gasteiger partial charge < -0.3 is 5.73 Å². The summed E-state index contributed by atoms with van der Waals surface area (Å²) in [6, 6.07) is 0.186. The first kappa shape index (κ1) is 13.8. The molecule has 5 heteroatoms. The van der Waals surface area contributed by atoms with Crippen molar-refractivity contribution in [2.45, 2.75) is 51.4 Å². The van der Waals surface area contributed by atoms with Gasteiger partial charge in [0, 0.05) is 18.6 Å². The minimum Gasteiger partial charge on any atom is -0.328 e. The third-order valence-corrected chi connectivity index (χ3v) is 3.25. The van der Waals surface area contributed by atoms with Gasteiger partial charge in [-0.1, -0.05) is 0 Å². The summed E-state index contributed by atoms with van der Waals surface area (Å²) >= 11 is 0. The predicted molar refractivity (Wildman–Crippen MR) is 58.1 cm³/mol. The van der Waals surface area contributed by atoms with Crippen molar-refractivity contribution in [3.8, 4) is 0 Å². The monoisotopic (exact) mass is 238 g/mol. The number of rotatable bonds is 3. The van der Waals surface area contributed by atoms with E-state index in [1.165, 1.54) is 0 Å². The summed E-state index contributed by atoms with van der Waals surface area (Å²) in [6.07, 6.45) is -2.39. The van der Waals surface area contributed by atoms with Gasteiger partial charge in [0.2, 0.25) is 0 Å². The van der Waals surface area contributed by atoms with Crippen LogP contribution in [0.2, 0.25) is 0 Å². The van der Waals surface area contributed by atoms with E-state index >= 15 is 0 Å². The van der Waals surface area contributed by atoms with Crippen molar-refractivity contribution >= 4 is 0 Å². The summed E-state index contributed by atoms with van der Waals surface area (Å²) in [6.45, 7) is 4.75. The summed E-state index contributed by atoms with van der Waals surface area (Å²) in [5, 5.41) is 0. The Morgan fingerprint density at radius 1 is 1.38 bits per heavy atom.